The average Bonchev–Trinajstić information content (AvgIpc) is 3.32. The van der Waals surface area contributed by atoms with Gasteiger partial charge in [0.05, 0.1) is 12.7 Å². The molecule has 2 fully saturated rings. The van der Waals surface area contributed by atoms with Crippen LogP contribution in [0.1, 0.15) is 46.4 Å². The van der Waals surface area contributed by atoms with Gasteiger partial charge in [-0.2, -0.15) is 0 Å². The summed E-state index contributed by atoms with van der Waals surface area (Å²) in [6.07, 6.45) is 3.68. The molecule has 31 heavy (non-hydrogen) atoms. The van der Waals surface area contributed by atoms with E-state index in [-0.39, 0.29) is 35.6 Å². The summed E-state index contributed by atoms with van der Waals surface area (Å²) < 4.78 is 32.4. The summed E-state index contributed by atoms with van der Waals surface area (Å²) in [6, 6.07) is 11.2. The van der Waals surface area contributed by atoms with Gasteiger partial charge in [-0.05, 0) is 61.4 Å². The summed E-state index contributed by atoms with van der Waals surface area (Å²) in [5.41, 5.74) is 0.875. The lowest BCUT2D eigenvalue weighted by molar-refractivity contribution is -0.0371. The van der Waals surface area contributed by atoms with E-state index in [0.29, 0.717) is 37.4 Å². The van der Waals surface area contributed by atoms with Crippen molar-refractivity contribution >= 4 is 11.8 Å². The largest absolute Gasteiger partial charge is 0.373 e. The van der Waals surface area contributed by atoms with Gasteiger partial charge >= 0.3 is 0 Å². The van der Waals surface area contributed by atoms with Crippen LogP contribution in [0, 0.1) is 11.6 Å². The third-order valence-corrected chi connectivity index (χ3v) is 6.03. The zero-order valence-corrected chi connectivity index (χ0v) is 17.3. The van der Waals surface area contributed by atoms with Crippen molar-refractivity contribution in [2.24, 2.45) is 0 Å². The van der Waals surface area contributed by atoms with Gasteiger partial charge in [-0.3, -0.25) is 9.59 Å². The summed E-state index contributed by atoms with van der Waals surface area (Å²) in [5, 5.41) is 0. The van der Waals surface area contributed by atoms with E-state index in [1.165, 1.54) is 48.5 Å². The molecular formula is C24H26F2N2O3. The van der Waals surface area contributed by atoms with Crippen LogP contribution in [0.2, 0.25) is 0 Å². The van der Waals surface area contributed by atoms with Gasteiger partial charge in [-0.15, -0.1) is 0 Å². The predicted molar refractivity (Wildman–Crippen MR) is 112 cm³/mol. The lowest BCUT2D eigenvalue weighted by Crippen LogP contribution is -2.52. The minimum absolute atomic E-state index is 0.115. The zero-order valence-electron chi connectivity index (χ0n) is 17.3. The highest BCUT2D eigenvalue weighted by Gasteiger charge is 2.33. The number of rotatable bonds is 5. The molecule has 2 aromatic carbocycles. The lowest BCUT2D eigenvalue weighted by Gasteiger charge is -2.38. The van der Waals surface area contributed by atoms with Gasteiger partial charge < -0.3 is 14.5 Å². The Morgan fingerprint density at radius 3 is 2.13 bits per heavy atom. The first kappa shape index (κ1) is 21.4. The summed E-state index contributed by atoms with van der Waals surface area (Å²) in [6.45, 7) is 1.55. The molecule has 7 heteroatoms. The van der Waals surface area contributed by atoms with Crippen molar-refractivity contribution in [3.63, 3.8) is 0 Å². The monoisotopic (exact) mass is 428 g/mol. The number of morpholine rings is 1. The quantitative estimate of drug-likeness (QED) is 0.726. The number of amides is 2. The molecule has 164 valence electrons. The van der Waals surface area contributed by atoms with Crippen LogP contribution in [0.15, 0.2) is 48.5 Å². The van der Waals surface area contributed by atoms with Gasteiger partial charge in [0, 0.05) is 36.8 Å². The molecule has 0 aromatic heterocycles. The molecule has 2 aliphatic rings. The molecule has 1 heterocycles. The fourth-order valence-corrected chi connectivity index (χ4v) is 4.38. The number of benzene rings is 2. The Labute approximate surface area is 180 Å². The summed E-state index contributed by atoms with van der Waals surface area (Å²) in [5.74, 6) is -1.08. The summed E-state index contributed by atoms with van der Waals surface area (Å²) in [4.78, 5) is 29.6. The number of hydrogen-bond donors (Lipinski definition) is 0. The number of halogens is 2. The van der Waals surface area contributed by atoms with Gasteiger partial charge in [0.25, 0.3) is 11.8 Å². The van der Waals surface area contributed by atoms with Crippen LogP contribution >= 0.6 is 0 Å². The van der Waals surface area contributed by atoms with Crippen LogP contribution in [0.25, 0.3) is 0 Å². The van der Waals surface area contributed by atoms with Crippen molar-refractivity contribution in [3.8, 4) is 0 Å². The second kappa shape index (κ2) is 9.56. The normalized spacial score (nSPS) is 19.4. The Bertz CT molecular complexity index is 911. The summed E-state index contributed by atoms with van der Waals surface area (Å²) in [7, 11) is 0. The third-order valence-electron chi connectivity index (χ3n) is 6.03. The maximum absolute atomic E-state index is 13.3. The number of ether oxygens (including phenoxy) is 1. The highest BCUT2D eigenvalue weighted by molar-refractivity contribution is 5.95. The van der Waals surface area contributed by atoms with Crippen molar-refractivity contribution in [3.05, 3.63) is 71.3 Å². The van der Waals surface area contributed by atoms with Gasteiger partial charge in [-0.1, -0.05) is 12.8 Å². The molecule has 0 spiro atoms. The number of carbonyl (C=O) groups is 2. The maximum atomic E-state index is 13.3. The Balaban J connectivity index is 1.47. The molecule has 1 saturated carbocycles. The molecule has 0 N–H and O–H groups in total. The Morgan fingerprint density at radius 2 is 1.52 bits per heavy atom. The first-order chi connectivity index (χ1) is 15.0. The molecule has 1 unspecified atom stereocenters. The van der Waals surface area contributed by atoms with Crippen LogP contribution in [0.4, 0.5) is 8.78 Å². The minimum Gasteiger partial charge on any atom is -0.373 e. The van der Waals surface area contributed by atoms with Gasteiger partial charge in [-0.25, -0.2) is 8.78 Å². The van der Waals surface area contributed by atoms with Gasteiger partial charge in [0.15, 0.2) is 0 Å². The molecule has 0 bridgehead atoms. The first-order valence-corrected chi connectivity index (χ1v) is 10.7. The topological polar surface area (TPSA) is 49.9 Å². The smallest absolute Gasteiger partial charge is 0.254 e. The highest BCUT2D eigenvalue weighted by atomic mass is 19.1. The molecule has 1 atom stereocenters. The fourth-order valence-electron chi connectivity index (χ4n) is 4.38. The van der Waals surface area contributed by atoms with Gasteiger partial charge in [0.1, 0.15) is 11.6 Å². The van der Waals surface area contributed by atoms with E-state index in [0.717, 1.165) is 25.7 Å². The SMILES string of the molecule is O=C(c1ccc(F)cc1)N1CCOC(CN(C(=O)c2ccc(F)cc2)C2CCCC2)C1. The average molecular weight is 428 g/mol. The fraction of sp³-hybridized carbons (Fsp3) is 0.417. The Morgan fingerprint density at radius 1 is 0.935 bits per heavy atom. The minimum atomic E-state index is -0.386. The van der Waals surface area contributed by atoms with Gasteiger partial charge in [0.2, 0.25) is 0 Å². The number of nitrogens with zero attached hydrogens (tertiary/aromatic N) is 2. The predicted octanol–water partition coefficient (Wildman–Crippen LogP) is 3.89. The van der Waals surface area contributed by atoms with Crippen LogP contribution in [0.3, 0.4) is 0 Å². The van der Waals surface area contributed by atoms with E-state index >= 15 is 0 Å². The van der Waals surface area contributed by atoms with Crippen molar-refractivity contribution in [1.29, 1.82) is 0 Å². The second-order valence-corrected chi connectivity index (χ2v) is 8.15. The lowest BCUT2D eigenvalue weighted by atomic mass is 10.1. The molecule has 1 saturated heterocycles. The molecule has 0 radical (unpaired) electrons. The molecule has 5 nitrogen and oxygen atoms in total. The molecule has 4 rings (SSSR count). The van der Waals surface area contributed by atoms with E-state index in [1.54, 1.807) is 4.90 Å². The Hall–Kier alpha value is -2.80. The van der Waals surface area contributed by atoms with Crippen molar-refractivity contribution < 1.29 is 23.1 Å². The van der Waals surface area contributed by atoms with Crippen LogP contribution in [0.5, 0.6) is 0 Å². The number of hydrogen-bond acceptors (Lipinski definition) is 3. The van der Waals surface area contributed by atoms with E-state index in [1.807, 2.05) is 4.90 Å². The third kappa shape index (κ3) is 5.10. The highest BCUT2D eigenvalue weighted by Crippen LogP contribution is 2.26. The Kier molecular flexibility index (Phi) is 6.61. The van der Waals surface area contributed by atoms with Crippen LogP contribution in [-0.2, 0) is 4.74 Å². The molecule has 1 aliphatic heterocycles. The number of carbonyl (C=O) groups excluding carboxylic acids is 2. The van der Waals surface area contributed by atoms with Crippen molar-refractivity contribution in [2.45, 2.75) is 37.8 Å². The van der Waals surface area contributed by atoms with Crippen LogP contribution in [-0.4, -0.2) is 60.0 Å². The molecule has 2 amide bonds. The molecule has 2 aromatic rings. The molecular weight excluding hydrogens is 402 g/mol. The zero-order chi connectivity index (χ0) is 21.8. The van der Waals surface area contributed by atoms with E-state index in [9.17, 15) is 18.4 Å². The molecule has 1 aliphatic carbocycles. The maximum Gasteiger partial charge on any atom is 0.254 e. The van der Waals surface area contributed by atoms with Crippen LogP contribution < -0.4 is 0 Å². The van der Waals surface area contributed by atoms with E-state index in [2.05, 4.69) is 0 Å². The van der Waals surface area contributed by atoms with E-state index in [4.69, 9.17) is 4.74 Å². The first-order valence-electron chi connectivity index (χ1n) is 10.7. The van der Waals surface area contributed by atoms with Crippen molar-refractivity contribution in [2.75, 3.05) is 26.2 Å². The van der Waals surface area contributed by atoms with Crippen molar-refractivity contribution in [1.82, 2.24) is 9.80 Å². The summed E-state index contributed by atoms with van der Waals surface area (Å²) >= 11 is 0. The van der Waals surface area contributed by atoms with E-state index < -0.39 is 0 Å². The second-order valence-electron chi connectivity index (χ2n) is 8.15. The standard InChI is InChI=1S/C24H26F2N2O3/c25-19-9-5-17(6-10-19)23(29)27-13-14-31-22(15-27)16-28(21-3-1-2-4-21)24(30)18-7-11-20(26)12-8-18/h5-12,21-22H,1-4,13-16H2.